The number of carbonyl (C=O) groups is 1. The first-order chi connectivity index (χ1) is 7.86. The minimum atomic E-state index is -0.0825. The van der Waals surface area contributed by atoms with Crippen molar-refractivity contribution < 1.29 is 4.79 Å². The van der Waals surface area contributed by atoms with Crippen molar-refractivity contribution in [1.82, 2.24) is 10.3 Å². The van der Waals surface area contributed by atoms with Crippen LogP contribution in [0.15, 0.2) is 53.9 Å². The number of hydrogen-bond donors (Lipinski definition) is 1. The molecule has 16 heavy (non-hydrogen) atoms. The molecule has 1 amide bonds. The van der Waals surface area contributed by atoms with Crippen LogP contribution in [0.1, 0.15) is 5.69 Å². The Morgan fingerprint density at radius 1 is 1.44 bits per heavy atom. The molecule has 0 atom stereocenters. The summed E-state index contributed by atoms with van der Waals surface area (Å²) in [4.78, 5) is 15.7. The lowest BCUT2D eigenvalue weighted by Crippen LogP contribution is -2.26. The summed E-state index contributed by atoms with van der Waals surface area (Å²) >= 11 is 0. The van der Waals surface area contributed by atoms with Gasteiger partial charge >= 0.3 is 0 Å². The zero-order valence-corrected chi connectivity index (χ0v) is 8.81. The molecule has 2 rings (SSSR count). The topological polar surface area (TPSA) is 42.0 Å². The molecule has 0 bridgehead atoms. The van der Waals surface area contributed by atoms with Crippen LogP contribution in [0.2, 0.25) is 0 Å². The van der Waals surface area contributed by atoms with Gasteiger partial charge in [0.2, 0.25) is 0 Å². The average molecular weight is 212 g/mol. The van der Waals surface area contributed by atoms with Crippen molar-refractivity contribution in [1.29, 1.82) is 0 Å². The van der Waals surface area contributed by atoms with Gasteiger partial charge in [-0.25, -0.2) is 0 Å². The highest BCUT2D eigenvalue weighted by molar-refractivity contribution is 5.96. The number of pyridine rings is 1. The maximum Gasteiger partial charge on any atom is 0.259 e. The first kappa shape index (κ1) is 10.4. The van der Waals surface area contributed by atoms with Crippen LogP contribution in [-0.4, -0.2) is 17.4 Å². The highest BCUT2D eigenvalue weighted by Crippen LogP contribution is 2.01. The summed E-state index contributed by atoms with van der Waals surface area (Å²) in [5.74, 6) is -0.0825. The summed E-state index contributed by atoms with van der Waals surface area (Å²) in [6.07, 6.45) is 7.77. The number of aromatic nitrogens is 1. The maximum atomic E-state index is 11.5. The first-order valence-electron chi connectivity index (χ1n) is 5.18. The summed E-state index contributed by atoms with van der Waals surface area (Å²) < 4.78 is 0. The molecule has 1 aromatic rings. The van der Waals surface area contributed by atoms with Crippen LogP contribution in [0.5, 0.6) is 0 Å². The molecule has 1 aromatic heterocycles. The maximum absolute atomic E-state index is 11.5. The fraction of sp³-hybridized carbons (Fsp3) is 0.154. The Labute approximate surface area is 94.2 Å². The van der Waals surface area contributed by atoms with E-state index >= 15 is 0 Å². The third-order valence-corrected chi connectivity index (χ3v) is 2.24. The molecule has 0 unspecified atom stereocenters. The largest absolute Gasteiger partial charge is 0.351 e. The number of amides is 1. The van der Waals surface area contributed by atoms with Gasteiger partial charge in [0.15, 0.2) is 0 Å². The van der Waals surface area contributed by atoms with E-state index in [1.807, 2.05) is 18.2 Å². The van der Waals surface area contributed by atoms with Gasteiger partial charge in [-0.2, -0.15) is 0 Å². The van der Waals surface area contributed by atoms with Gasteiger partial charge in [0.05, 0.1) is 5.57 Å². The second-order valence-corrected chi connectivity index (χ2v) is 3.41. The predicted molar refractivity (Wildman–Crippen MR) is 61.7 cm³/mol. The fourth-order valence-electron chi connectivity index (χ4n) is 1.42. The molecule has 1 N–H and O–H groups in total. The van der Waals surface area contributed by atoms with Crippen LogP contribution >= 0.6 is 0 Å². The van der Waals surface area contributed by atoms with E-state index in [0.717, 1.165) is 12.1 Å². The predicted octanol–water partition coefficient (Wildman–Crippen LogP) is 1.39. The minimum Gasteiger partial charge on any atom is -0.351 e. The second-order valence-electron chi connectivity index (χ2n) is 3.41. The van der Waals surface area contributed by atoms with Crippen molar-refractivity contribution in [2.24, 2.45) is 0 Å². The van der Waals surface area contributed by atoms with Gasteiger partial charge in [0.1, 0.15) is 0 Å². The molecule has 0 spiro atoms. The van der Waals surface area contributed by atoms with E-state index in [-0.39, 0.29) is 5.91 Å². The van der Waals surface area contributed by atoms with Crippen molar-refractivity contribution in [2.45, 2.75) is 6.42 Å². The Morgan fingerprint density at radius 3 is 3.06 bits per heavy atom. The molecule has 1 heterocycles. The van der Waals surface area contributed by atoms with Crippen LogP contribution < -0.4 is 5.32 Å². The molecular weight excluding hydrogens is 200 g/mol. The number of nitrogens with zero attached hydrogens (tertiary/aromatic N) is 1. The number of allylic oxidation sites excluding steroid dienone is 1. The van der Waals surface area contributed by atoms with E-state index in [2.05, 4.69) is 16.0 Å². The quantitative estimate of drug-likeness (QED) is 0.766. The molecule has 0 radical (unpaired) electrons. The van der Waals surface area contributed by atoms with E-state index in [0.29, 0.717) is 12.1 Å². The van der Waals surface area contributed by atoms with Gasteiger partial charge in [-0.3, -0.25) is 9.78 Å². The molecule has 3 nitrogen and oxygen atoms in total. The third-order valence-electron chi connectivity index (χ3n) is 2.24. The summed E-state index contributed by atoms with van der Waals surface area (Å²) in [5, 5.41) is 2.82. The number of rotatable bonds is 4. The Hall–Kier alpha value is -2.12. The van der Waals surface area contributed by atoms with Crippen LogP contribution in [0.3, 0.4) is 0 Å². The summed E-state index contributed by atoms with van der Waals surface area (Å²) in [6.45, 7) is 0.592. The molecule has 0 aliphatic heterocycles. The summed E-state index contributed by atoms with van der Waals surface area (Å²) in [5.41, 5.74) is 4.42. The summed E-state index contributed by atoms with van der Waals surface area (Å²) in [6, 6.07) is 5.76. The second kappa shape index (κ2) is 5.10. The zero-order valence-electron chi connectivity index (χ0n) is 8.81. The lowest BCUT2D eigenvalue weighted by atomic mass is 10.2. The van der Waals surface area contributed by atoms with Gasteiger partial charge in [-0.05, 0) is 24.3 Å². The van der Waals surface area contributed by atoms with E-state index < -0.39 is 0 Å². The van der Waals surface area contributed by atoms with Crippen LogP contribution in [0.4, 0.5) is 0 Å². The Balaban J connectivity index is 1.79. The van der Waals surface area contributed by atoms with Crippen molar-refractivity contribution >= 4 is 5.91 Å². The Kier molecular flexibility index (Phi) is 3.31. The lowest BCUT2D eigenvalue weighted by molar-refractivity contribution is -0.117. The van der Waals surface area contributed by atoms with Gasteiger partial charge in [0.25, 0.3) is 5.91 Å². The highest BCUT2D eigenvalue weighted by atomic mass is 16.1. The molecule has 1 aliphatic carbocycles. The molecule has 80 valence electrons. The molecule has 0 saturated heterocycles. The van der Waals surface area contributed by atoms with Crippen molar-refractivity contribution in [3.05, 3.63) is 59.6 Å². The van der Waals surface area contributed by atoms with Gasteiger partial charge in [-0.1, -0.05) is 12.1 Å². The smallest absolute Gasteiger partial charge is 0.259 e. The highest BCUT2D eigenvalue weighted by Gasteiger charge is 2.06. The molecule has 0 saturated carbocycles. The normalized spacial score (nSPS) is 12.6. The lowest BCUT2D eigenvalue weighted by Gasteiger charge is -2.03. The Bertz CT molecular complexity index is 468. The number of hydrogen-bond acceptors (Lipinski definition) is 2. The van der Waals surface area contributed by atoms with Gasteiger partial charge in [-0.15, -0.1) is 5.73 Å². The average Bonchev–Trinajstić information content (AvgIpc) is 2.84. The fourth-order valence-corrected chi connectivity index (χ4v) is 1.42. The van der Waals surface area contributed by atoms with E-state index in [1.165, 1.54) is 0 Å². The molecule has 0 fully saturated rings. The van der Waals surface area contributed by atoms with E-state index in [9.17, 15) is 4.79 Å². The number of nitrogens with one attached hydrogen (secondary N) is 1. The van der Waals surface area contributed by atoms with Crippen LogP contribution in [-0.2, 0) is 11.2 Å². The summed E-state index contributed by atoms with van der Waals surface area (Å²) in [7, 11) is 0. The van der Waals surface area contributed by atoms with Crippen LogP contribution in [0.25, 0.3) is 0 Å². The third kappa shape index (κ3) is 2.69. The van der Waals surface area contributed by atoms with Crippen molar-refractivity contribution in [3.8, 4) is 0 Å². The SMILES string of the molecule is O=C(NCCc1ccccn1)C1=C=CC=C1. The van der Waals surface area contributed by atoms with Crippen LogP contribution in [0, 0.1) is 0 Å². The number of carbonyl (C=O) groups excluding carboxylic acids is 1. The standard InChI is InChI=1S/C13H12N2O/c16-13(11-5-1-2-6-11)15-10-8-12-7-3-4-9-14-12/h1-5,7,9H,8,10H2,(H,15,16). The first-order valence-corrected chi connectivity index (χ1v) is 5.18. The molecule has 1 aliphatic rings. The van der Waals surface area contributed by atoms with Gasteiger partial charge in [0, 0.05) is 24.9 Å². The van der Waals surface area contributed by atoms with Crippen molar-refractivity contribution in [2.75, 3.05) is 6.54 Å². The van der Waals surface area contributed by atoms with E-state index in [1.54, 1.807) is 24.4 Å². The minimum absolute atomic E-state index is 0.0825. The molecular formula is C13H12N2O. The van der Waals surface area contributed by atoms with Crippen molar-refractivity contribution in [3.63, 3.8) is 0 Å². The molecule has 0 aromatic carbocycles. The zero-order chi connectivity index (χ0) is 11.2. The van der Waals surface area contributed by atoms with E-state index in [4.69, 9.17) is 0 Å². The molecule has 3 heteroatoms. The monoisotopic (exact) mass is 212 g/mol. The Morgan fingerprint density at radius 2 is 2.38 bits per heavy atom. The van der Waals surface area contributed by atoms with Gasteiger partial charge < -0.3 is 5.32 Å².